The van der Waals surface area contributed by atoms with Crippen molar-refractivity contribution in [1.82, 2.24) is 10.2 Å². The summed E-state index contributed by atoms with van der Waals surface area (Å²) in [6.45, 7) is 16.6. The Labute approximate surface area is 233 Å². The van der Waals surface area contributed by atoms with Gasteiger partial charge in [0.25, 0.3) is 5.91 Å². The lowest BCUT2D eigenvalue weighted by Gasteiger charge is -2.44. The average Bonchev–Trinajstić information content (AvgIpc) is 2.84. The predicted molar refractivity (Wildman–Crippen MR) is 156 cm³/mol. The molecule has 2 aromatic rings. The van der Waals surface area contributed by atoms with E-state index >= 15 is 0 Å². The number of terminal acetylenes is 1. The van der Waals surface area contributed by atoms with Crippen LogP contribution >= 0.6 is 0 Å². The summed E-state index contributed by atoms with van der Waals surface area (Å²) in [5.41, 5.74) is 0.982. The Kier molecular flexibility index (Phi) is 10.3. The van der Waals surface area contributed by atoms with Crippen molar-refractivity contribution in [1.29, 1.82) is 0 Å². The zero-order chi connectivity index (χ0) is 29.5. The maximum absolute atomic E-state index is 14.5. The number of alkyl carbamates (subject to hydrolysis) is 1. The lowest BCUT2D eigenvalue weighted by molar-refractivity contribution is -0.147. The highest BCUT2D eigenvalue weighted by Gasteiger charge is 2.43. The largest absolute Gasteiger partial charge is 0.444 e. The van der Waals surface area contributed by atoms with Crippen molar-refractivity contribution < 1.29 is 19.1 Å². The van der Waals surface area contributed by atoms with Crippen LogP contribution in [0, 0.1) is 25.2 Å². The smallest absolute Gasteiger partial charge is 0.408 e. The van der Waals surface area contributed by atoms with Crippen LogP contribution in [0.2, 0.25) is 0 Å². The van der Waals surface area contributed by atoms with Gasteiger partial charge in [0.1, 0.15) is 17.7 Å². The molecule has 0 heterocycles. The number of para-hydroxylation sites is 1. The molecule has 0 aliphatic carbocycles. The van der Waals surface area contributed by atoms with Gasteiger partial charge in [-0.2, -0.15) is 0 Å². The van der Waals surface area contributed by atoms with E-state index in [4.69, 9.17) is 11.2 Å². The summed E-state index contributed by atoms with van der Waals surface area (Å²) < 4.78 is 5.47. The van der Waals surface area contributed by atoms with Crippen molar-refractivity contribution in [3.05, 3.63) is 65.2 Å². The molecule has 3 atom stereocenters. The molecular formula is C32H43N3O4. The SMILES string of the molecule is C#Cc1ccccc1C(C(=O)Nc1ccccc1C)N(C(=O)C(NC(=O)OC(C)(C)C)C(C)CC)C(C)(C)C. The summed E-state index contributed by atoms with van der Waals surface area (Å²) in [6, 6.07) is 12.5. The fourth-order valence-electron chi connectivity index (χ4n) is 4.29. The van der Waals surface area contributed by atoms with Crippen molar-refractivity contribution in [2.75, 3.05) is 5.32 Å². The molecule has 0 spiro atoms. The Morgan fingerprint density at radius 2 is 1.59 bits per heavy atom. The van der Waals surface area contributed by atoms with Gasteiger partial charge in [-0.25, -0.2) is 4.79 Å². The minimum Gasteiger partial charge on any atom is -0.444 e. The van der Waals surface area contributed by atoms with Gasteiger partial charge in [0.05, 0.1) is 0 Å². The zero-order valence-corrected chi connectivity index (χ0v) is 24.7. The normalized spacial score (nSPS) is 13.8. The highest BCUT2D eigenvalue weighted by molar-refractivity contribution is 6.00. The van der Waals surface area contributed by atoms with Crippen molar-refractivity contribution in [2.45, 2.75) is 92.0 Å². The lowest BCUT2D eigenvalue weighted by Crippen LogP contribution is -2.59. The van der Waals surface area contributed by atoms with Gasteiger partial charge in [0.15, 0.2) is 0 Å². The van der Waals surface area contributed by atoms with Gasteiger partial charge < -0.3 is 20.3 Å². The third-order valence-corrected chi connectivity index (χ3v) is 6.43. The molecule has 0 bridgehead atoms. The van der Waals surface area contributed by atoms with E-state index < -0.39 is 41.1 Å². The quantitative estimate of drug-likeness (QED) is 0.394. The summed E-state index contributed by atoms with van der Waals surface area (Å²) in [5.74, 6) is 1.62. The number of carbonyl (C=O) groups is 3. The highest BCUT2D eigenvalue weighted by atomic mass is 16.6. The summed E-state index contributed by atoms with van der Waals surface area (Å²) in [7, 11) is 0. The molecule has 0 radical (unpaired) electrons. The Morgan fingerprint density at radius 1 is 1.00 bits per heavy atom. The Hall–Kier alpha value is -3.79. The van der Waals surface area contributed by atoms with Crippen molar-refractivity contribution in [2.24, 2.45) is 5.92 Å². The van der Waals surface area contributed by atoms with Crippen LogP contribution in [0.15, 0.2) is 48.5 Å². The molecule has 7 nitrogen and oxygen atoms in total. The molecule has 0 aliphatic heterocycles. The molecule has 0 saturated carbocycles. The number of carbonyl (C=O) groups excluding carboxylic acids is 3. The monoisotopic (exact) mass is 533 g/mol. The highest BCUT2D eigenvalue weighted by Crippen LogP contribution is 2.34. The van der Waals surface area contributed by atoms with Crippen molar-refractivity contribution in [3.8, 4) is 12.3 Å². The molecule has 0 saturated heterocycles. The Morgan fingerprint density at radius 3 is 2.13 bits per heavy atom. The van der Waals surface area contributed by atoms with E-state index in [1.165, 1.54) is 4.90 Å². The van der Waals surface area contributed by atoms with Crippen LogP contribution in [0.4, 0.5) is 10.5 Å². The number of ether oxygens (including phenoxy) is 1. The van der Waals surface area contributed by atoms with Gasteiger partial charge in [-0.15, -0.1) is 6.42 Å². The second kappa shape index (κ2) is 12.8. The summed E-state index contributed by atoms with van der Waals surface area (Å²) in [6.07, 6.45) is 5.77. The number of aryl methyl sites for hydroxylation is 1. The van der Waals surface area contributed by atoms with Gasteiger partial charge in [-0.3, -0.25) is 9.59 Å². The van der Waals surface area contributed by atoms with E-state index in [2.05, 4.69) is 16.6 Å². The second-order valence-electron chi connectivity index (χ2n) is 11.8. The van der Waals surface area contributed by atoms with Crippen LogP contribution in [0.3, 0.4) is 0 Å². The molecular weight excluding hydrogens is 490 g/mol. The molecule has 2 aromatic carbocycles. The van der Waals surface area contributed by atoms with Crippen LogP contribution in [0.25, 0.3) is 0 Å². The molecule has 0 fully saturated rings. The first-order valence-corrected chi connectivity index (χ1v) is 13.4. The third kappa shape index (κ3) is 8.35. The summed E-state index contributed by atoms with van der Waals surface area (Å²) in [5, 5.41) is 5.79. The fraction of sp³-hybridized carbons (Fsp3) is 0.469. The molecule has 2 N–H and O–H groups in total. The van der Waals surface area contributed by atoms with Gasteiger partial charge in [0.2, 0.25) is 5.91 Å². The Bertz CT molecular complexity index is 1220. The van der Waals surface area contributed by atoms with Crippen LogP contribution in [-0.2, 0) is 14.3 Å². The molecule has 2 rings (SSSR count). The number of nitrogens with zero attached hydrogens (tertiary/aromatic N) is 1. The van der Waals surface area contributed by atoms with E-state index in [1.54, 1.807) is 45.0 Å². The summed E-state index contributed by atoms with van der Waals surface area (Å²) in [4.78, 5) is 42.9. The zero-order valence-electron chi connectivity index (χ0n) is 24.7. The summed E-state index contributed by atoms with van der Waals surface area (Å²) >= 11 is 0. The van der Waals surface area contributed by atoms with E-state index in [1.807, 2.05) is 65.8 Å². The molecule has 210 valence electrons. The van der Waals surface area contributed by atoms with Gasteiger partial charge in [-0.1, -0.05) is 62.6 Å². The minimum atomic E-state index is -1.07. The first-order chi connectivity index (χ1) is 18.1. The standard InChI is InChI=1S/C32H43N3O4/c1-11-21(3)26(34-30(38)39-32(8,9)10)29(37)35(31(5,6)7)27(24-19-15-14-18-23(24)12-2)28(36)33-25-20-16-13-17-22(25)4/h2,13-21,26-27H,11H2,1,3-10H3,(H,33,36)(H,34,38). The van der Waals surface area contributed by atoms with E-state index in [0.29, 0.717) is 23.2 Å². The predicted octanol–water partition coefficient (Wildman–Crippen LogP) is 6.22. The maximum atomic E-state index is 14.5. The lowest BCUT2D eigenvalue weighted by atomic mass is 9.90. The maximum Gasteiger partial charge on any atom is 0.408 e. The van der Waals surface area contributed by atoms with E-state index in [0.717, 1.165) is 5.56 Å². The van der Waals surface area contributed by atoms with Gasteiger partial charge >= 0.3 is 6.09 Å². The number of anilines is 1. The first-order valence-electron chi connectivity index (χ1n) is 13.4. The van der Waals surface area contributed by atoms with Crippen molar-refractivity contribution in [3.63, 3.8) is 0 Å². The number of nitrogens with one attached hydrogen (secondary N) is 2. The molecule has 3 amide bonds. The van der Waals surface area contributed by atoms with Crippen LogP contribution < -0.4 is 10.6 Å². The number of hydrogen-bond acceptors (Lipinski definition) is 4. The van der Waals surface area contributed by atoms with Crippen LogP contribution in [0.5, 0.6) is 0 Å². The fourth-order valence-corrected chi connectivity index (χ4v) is 4.29. The van der Waals surface area contributed by atoms with E-state index in [9.17, 15) is 14.4 Å². The molecule has 0 aliphatic rings. The van der Waals surface area contributed by atoms with Gasteiger partial charge in [-0.05, 0) is 77.6 Å². The molecule has 0 aromatic heterocycles. The number of benzene rings is 2. The Balaban J connectivity index is 2.69. The number of amides is 3. The van der Waals surface area contributed by atoms with Crippen LogP contribution in [0.1, 0.15) is 84.5 Å². The second-order valence-corrected chi connectivity index (χ2v) is 11.8. The van der Waals surface area contributed by atoms with E-state index in [-0.39, 0.29) is 5.92 Å². The van der Waals surface area contributed by atoms with Crippen LogP contribution in [-0.4, -0.2) is 40.0 Å². The topological polar surface area (TPSA) is 87.7 Å². The minimum absolute atomic E-state index is 0.238. The average molecular weight is 534 g/mol. The molecule has 3 unspecified atom stereocenters. The number of rotatable bonds is 8. The van der Waals surface area contributed by atoms with Gasteiger partial charge in [0, 0.05) is 16.8 Å². The first kappa shape index (κ1) is 31.4. The number of hydrogen-bond donors (Lipinski definition) is 2. The van der Waals surface area contributed by atoms with Crippen molar-refractivity contribution >= 4 is 23.6 Å². The molecule has 39 heavy (non-hydrogen) atoms. The third-order valence-electron chi connectivity index (χ3n) is 6.43. The molecule has 7 heteroatoms.